The predicted molar refractivity (Wildman–Crippen MR) is 146 cm³/mol. The molecule has 202 valence electrons. The first-order valence-corrected chi connectivity index (χ1v) is 13.2. The fraction of sp³-hybridized carbons (Fsp3) is 0.481. The van der Waals surface area contributed by atoms with E-state index in [-0.39, 0.29) is 12.0 Å². The van der Waals surface area contributed by atoms with Crippen LogP contribution in [0.25, 0.3) is 11.3 Å². The monoisotopic (exact) mass is 521 g/mol. The van der Waals surface area contributed by atoms with Crippen LogP contribution in [0.4, 0.5) is 21.8 Å². The van der Waals surface area contributed by atoms with Gasteiger partial charge in [0.25, 0.3) is 0 Å². The maximum absolute atomic E-state index is 15.3. The van der Waals surface area contributed by atoms with Gasteiger partial charge in [-0.05, 0) is 30.7 Å². The molecule has 0 bridgehead atoms. The van der Waals surface area contributed by atoms with Crippen LogP contribution in [-0.4, -0.2) is 95.3 Å². The van der Waals surface area contributed by atoms with Crippen molar-refractivity contribution in [3.8, 4) is 11.3 Å². The van der Waals surface area contributed by atoms with Crippen molar-refractivity contribution >= 4 is 17.5 Å². The number of morpholine rings is 1. The molecule has 0 spiro atoms. The lowest BCUT2D eigenvalue weighted by Gasteiger charge is -2.34. The summed E-state index contributed by atoms with van der Waals surface area (Å²) >= 11 is 0. The van der Waals surface area contributed by atoms with E-state index < -0.39 is 0 Å². The highest BCUT2D eigenvalue weighted by Gasteiger charge is 2.31. The molecule has 1 aromatic carbocycles. The molecule has 3 aromatic rings. The second-order valence-corrected chi connectivity index (χ2v) is 9.80. The van der Waals surface area contributed by atoms with Crippen LogP contribution in [0.15, 0.2) is 36.9 Å². The highest BCUT2D eigenvalue weighted by Crippen LogP contribution is 2.40. The highest BCUT2D eigenvalue weighted by molar-refractivity contribution is 5.77. The Hall–Kier alpha value is -3.25. The van der Waals surface area contributed by atoms with Crippen LogP contribution in [0.1, 0.15) is 18.1 Å². The molecule has 2 aromatic heterocycles. The van der Waals surface area contributed by atoms with Gasteiger partial charge < -0.3 is 25.6 Å². The lowest BCUT2D eigenvalue weighted by molar-refractivity contribution is 0.122. The van der Waals surface area contributed by atoms with Crippen LogP contribution in [-0.2, 0) is 17.7 Å². The molecule has 10 nitrogen and oxygen atoms in total. The molecule has 2 saturated heterocycles. The molecular weight excluding hydrogens is 485 g/mol. The van der Waals surface area contributed by atoms with Crippen molar-refractivity contribution in [2.24, 2.45) is 0 Å². The van der Waals surface area contributed by atoms with Gasteiger partial charge in [0.15, 0.2) is 0 Å². The van der Waals surface area contributed by atoms with E-state index in [0.717, 1.165) is 87.0 Å². The van der Waals surface area contributed by atoms with Crippen LogP contribution in [0.2, 0.25) is 0 Å². The molecule has 0 amide bonds. The Bertz CT molecular complexity index is 1230. The number of hydrogen-bond acceptors (Lipinski definition) is 10. The van der Waals surface area contributed by atoms with Gasteiger partial charge >= 0.3 is 0 Å². The van der Waals surface area contributed by atoms with Crippen molar-refractivity contribution in [3.63, 3.8) is 0 Å². The number of anilines is 3. The van der Waals surface area contributed by atoms with E-state index in [0.29, 0.717) is 31.4 Å². The molecule has 0 atom stereocenters. The standard InChI is InChI=1S/C27H33FN8O.H3N/c1-2-33-7-9-34(10-8-33)18-20-3-4-23(28)24(15-20)36-6-5-22-25(21-16-29-19-30-17-21)31-27(32-26(22)36)35-11-13-37-14-12-35;/h3-4,15-17,19H,2,5-14,18H2,1H3;1H3. The first-order chi connectivity index (χ1) is 18.2. The fourth-order valence-corrected chi connectivity index (χ4v) is 5.43. The minimum absolute atomic E-state index is 0. The van der Waals surface area contributed by atoms with Gasteiger partial charge in [0.05, 0.1) is 24.6 Å². The quantitative estimate of drug-likeness (QED) is 0.520. The summed E-state index contributed by atoms with van der Waals surface area (Å²) in [6.45, 7) is 11.7. The number of piperazine rings is 1. The van der Waals surface area contributed by atoms with E-state index in [2.05, 4.69) is 31.6 Å². The summed E-state index contributed by atoms with van der Waals surface area (Å²) in [6.07, 6.45) is 5.80. The molecule has 0 aliphatic carbocycles. The topological polar surface area (TPSA) is 109 Å². The Labute approximate surface area is 223 Å². The molecule has 38 heavy (non-hydrogen) atoms. The van der Waals surface area contributed by atoms with Crippen molar-refractivity contribution < 1.29 is 9.13 Å². The van der Waals surface area contributed by atoms with Gasteiger partial charge in [-0.1, -0.05) is 13.0 Å². The predicted octanol–water partition coefficient (Wildman–Crippen LogP) is 2.90. The second kappa shape index (κ2) is 11.6. The van der Waals surface area contributed by atoms with E-state index >= 15 is 4.39 Å². The second-order valence-electron chi connectivity index (χ2n) is 9.80. The Morgan fingerprint density at radius 2 is 1.66 bits per heavy atom. The minimum atomic E-state index is -0.233. The highest BCUT2D eigenvalue weighted by atomic mass is 19.1. The smallest absolute Gasteiger partial charge is 0.228 e. The van der Waals surface area contributed by atoms with Gasteiger partial charge in [0, 0.05) is 75.9 Å². The van der Waals surface area contributed by atoms with Gasteiger partial charge in [-0.15, -0.1) is 0 Å². The van der Waals surface area contributed by atoms with Crippen LogP contribution in [0, 0.1) is 5.82 Å². The summed E-state index contributed by atoms with van der Waals surface area (Å²) in [5.41, 5.74) is 4.37. The van der Waals surface area contributed by atoms with Gasteiger partial charge in [0.1, 0.15) is 18.0 Å². The third-order valence-corrected chi connectivity index (χ3v) is 7.56. The van der Waals surface area contributed by atoms with E-state index in [1.165, 1.54) is 6.33 Å². The minimum Gasteiger partial charge on any atom is -0.378 e. The van der Waals surface area contributed by atoms with Crippen molar-refractivity contribution in [3.05, 3.63) is 53.9 Å². The average molecular weight is 522 g/mol. The summed E-state index contributed by atoms with van der Waals surface area (Å²) in [5, 5.41) is 0. The van der Waals surface area contributed by atoms with Gasteiger partial charge in [-0.2, -0.15) is 4.98 Å². The molecule has 11 heteroatoms. The third kappa shape index (κ3) is 5.32. The largest absolute Gasteiger partial charge is 0.378 e. The number of fused-ring (bicyclic) bond motifs is 1. The van der Waals surface area contributed by atoms with Crippen molar-refractivity contribution in [1.29, 1.82) is 0 Å². The van der Waals surface area contributed by atoms with Gasteiger partial charge in [-0.3, -0.25) is 4.90 Å². The van der Waals surface area contributed by atoms with Crippen LogP contribution in [0.3, 0.4) is 0 Å². The lowest BCUT2D eigenvalue weighted by Crippen LogP contribution is -2.45. The zero-order valence-electron chi connectivity index (χ0n) is 22.0. The molecule has 3 aliphatic heterocycles. The van der Waals surface area contributed by atoms with E-state index in [9.17, 15) is 0 Å². The maximum Gasteiger partial charge on any atom is 0.228 e. The molecule has 0 radical (unpaired) electrons. The fourth-order valence-electron chi connectivity index (χ4n) is 5.43. The van der Waals surface area contributed by atoms with Crippen molar-refractivity contribution in [2.75, 3.05) is 75.4 Å². The molecule has 2 fully saturated rings. The Balaban J connectivity index is 0.00000294. The number of likely N-dealkylation sites (N-methyl/N-ethyl adjacent to an activating group) is 1. The Morgan fingerprint density at radius 3 is 2.39 bits per heavy atom. The molecule has 3 aliphatic rings. The van der Waals surface area contributed by atoms with E-state index in [1.54, 1.807) is 18.5 Å². The number of nitrogens with zero attached hydrogens (tertiary/aromatic N) is 8. The zero-order valence-corrected chi connectivity index (χ0v) is 22.0. The van der Waals surface area contributed by atoms with Crippen molar-refractivity contribution in [2.45, 2.75) is 19.9 Å². The summed E-state index contributed by atoms with van der Waals surface area (Å²) < 4.78 is 20.9. The average Bonchev–Trinajstić information content (AvgIpc) is 3.39. The summed E-state index contributed by atoms with van der Waals surface area (Å²) in [7, 11) is 0. The number of rotatable bonds is 6. The third-order valence-electron chi connectivity index (χ3n) is 7.56. The SMILES string of the molecule is CCN1CCN(Cc2ccc(F)c(N3CCc4c(-c5cncnc5)nc(N5CCOCC5)nc43)c2)CC1.N. The molecular formula is C27H36FN9O. The Kier molecular flexibility index (Phi) is 8.08. The van der Waals surface area contributed by atoms with Gasteiger partial charge in [-0.25, -0.2) is 19.3 Å². The number of aromatic nitrogens is 4. The summed E-state index contributed by atoms with van der Waals surface area (Å²) in [5.74, 6) is 1.17. The van der Waals surface area contributed by atoms with Crippen molar-refractivity contribution in [1.82, 2.24) is 35.9 Å². The first-order valence-electron chi connectivity index (χ1n) is 13.2. The lowest BCUT2D eigenvalue weighted by atomic mass is 10.1. The Morgan fingerprint density at radius 1 is 0.921 bits per heavy atom. The van der Waals surface area contributed by atoms with Crippen LogP contribution < -0.4 is 16.0 Å². The molecule has 0 unspecified atom stereocenters. The molecule has 6 rings (SSSR count). The van der Waals surface area contributed by atoms with Crippen LogP contribution >= 0.6 is 0 Å². The van der Waals surface area contributed by atoms with E-state index in [4.69, 9.17) is 14.7 Å². The summed E-state index contributed by atoms with van der Waals surface area (Å²) in [4.78, 5) is 27.4. The normalized spacial score (nSPS) is 18.4. The van der Waals surface area contributed by atoms with Gasteiger partial charge in [0.2, 0.25) is 5.95 Å². The molecule has 3 N–H and O–H groups in total. The summed E-state index contributed by atoms with van der Waals surface area (Å²) in [6, 6.07) is 5.51. The zero-order chi connectivity index (χ0) is 25.2. The first kappa shape index (κ1) is 26.4. The maximum atomic E-state index is 15.3. The number of benzene rings is 1. The molecule has 5 heterocycles. The molecule has 0 saturated carbocycles. The number of hydrogen-bond donors (Lipinski definition) is 1. The number of halogens is 1. The van der Waals surface area contributed by atoms with E-state index in [1.807, 2.05) is 17.0 Å². The number of ether oxygens (including phenoxy) is 1. The van der Waals surface area contributed by atoms with Crippen LogP contribution in [0.5, 0.6) is 0 Å².